The van der Waals surface area contributed by atoms with Crippen LogP contribution in [-0.4, -0.2) is 27.2 Å². The largest absolute Gasteiger partial charge is 0.478 e. The van der Waals surface area contributed by atoms with Crippen LogP contribution < -0.4 is 10.1 Å². The Morgan fingerprint density at radius 2 is 2.26 bits per heavy atom. The van der Waals surface area contributed by atoms with E-state index in [2.05, 4.69) is 20.5 Å². The van der Waals surface area contributed by atoms with Gasteiger partial charge in [0.15, 0.2) is 5.01 Å². The summed E-state index contributed by atoms with van der Waals surface area (Å²) < 4.78 is 5.37. The third-order valence-corrected chi connectivity index (χ3v) is 3.10. The second kappa shape index (κ2) is 5.57. The second-order valence-corrected chi connectivity index (χ2v) is 4.63. The molecule has 8 nitrogen and oxygen atoms in total. The minimum absolute atomic E-state index is 0.116. The Bertz CT molecular complexity index is 601. The van der Waals surface area contributed by atoms with E-state index in [1.54, 1.807) is 20.0 Å². The third-order valence-electron chi connectivity index (χ3n) is 2.18. The van der Waals surface area contributed by atoms with Gasteiger partial charge in [0.1, 0.15) is 12.3 Å². The number of nitrogens with zero attached hydrogens (tertiary/aromatic N) is 4. The minimum atomic E-state index is -0.568. The summed E-state index contributed by atoms with van der Waals surface area (Å²) in [5.41, 5.74) is 0.562. The molecule has 2 heterocycles. The van der Waals surface area contributed by atoms with Crippen molar-refractivity contribution in [2.24, 2.45) is 0 Å². The number of anilines is 1. The standard InChI is InChI=1S/C10H11N5O3S/c1-6-3-4-7(9(12-6)15(16)17)18-5-8-13-14-10(11-2)19-8/h3-4H,5H2,1-2H3,(H,11,14). The first-order chi connectivity index (χ1) is 9.10. The van der Waals surface area contributed by atoms with Crippen molar-refractivity contribution in [3.05, 3.63) is 32.9 Å². The van der Waals surface area contributed by atoms with Gasteiger partial charge < -0.3 is 20.2 Å². The van der Waals surface area contributed by atoms with Crippen LogP contribution in [0.3, 0.4) is 0 Å². The van der Waals surface area contributed by atoms with Gasteiger partial charge in [0.2, 0.25) is 10.9 Å². The summed E-state index contributed by atoms with van der Waals surface area (Å²) in [6, 6.07) is 3.18. The van der Waals surface area contributed by atoms with Gasteiger partial charge in [-0.05, 0) is 22.0 Å². The molecule has 0 aliphatic heterocycles. The van der Waals surface area contributed by atoms with Gasteiger partial charge in [-0.1, -0.05) is 11.3 Å². The van der Waals surface area contributed by atoms with E-state index in [9.17, 15) is 10.1 Å². The molecular weight excluding hydrogens is 270 g/mol. The molecule has 0 fully saturated rings. The summed E-state index contributed by atoms with van der Waals surface area (Å²) in [4.78, 5) is 14.1. The Kier molecular flexibility index (Phi) is 3.85. The molecule has 0 bridgehead atoms. The Morgan fingerprint density at radius 3 is 2.89 bits per heavy atom. The highest BCUT2D eigenvalue weighted by atomic mass is 32.1. The van der Waals surface area contributed by atoms with Crippen molar-refractivity contribution in [1.29, 1.82) is 0 Å². The van der Waals surface area contributed by atoms with Crippen molar-refractivity contribution in [2.45, 2.75) is 13.5 Å². The number of aromatic nitrogens is 3. The molecule has 0 radical (unpaired) electrons. The first-order valence-corrected chi connectivity index (χ1v) is 6.16. The van der Waals surface area contributed by atoms with Crippen LogP contribution in [0.4, 0.5) is 10.9 Å². The molecule has 100 valence electrons. The molecule has 0 spiro atoms. The van der Waals surface area contributed by atoms with Gasteiger partial charge in [0.25, 0.3) is 0 Å². The van der Waals surface area contributed by atoms with Gasteiger partial charge in [-0.2, -0.15) is 0 Å². The number of hydrogen-bond acceptors (Lipinski definition) is 8. The third kappa shape index (κ3) is 3.13. The fourth-order valence-electron chi connectivity index (χ4n) is 1.33. The zero-order chi connectivity index (χ0) is 13.8. The van der Waals surface area contributed by atoms with E-state index in [-0.39, 0.29) is 18.2 Å². The Labute approximate surface area is 112 Å². The molecule has 2 aromatic rings. The number of nitrogens with one attached hydrogen (secondary N) is 1. The minimum Gasteiger partial charge on any atom is -0.478 e. The molecule has 2 rings (SSSR count). The lowest BCUT2D eigenvalue weighted by Gasteiger charge is -2.04. The van der Waals surface area contributed by atoms with Gasteiger partial charge in [-0.3, -0.25) is 0 Å². The summed E-state index contributed by atoms with van der Waals surface area (Å²) in [6.45, 7) is 1.80. The van der Waals surface area contributed by atoms with Crippen LogP contribution >= 0.6 is 11.3 Å². The highest BCUT2D eigenvalue weighted by Crippen LogP contribution is 2.26. The van der Waals surface area contributed by atoms with E-state index in [0.29, 0.717) is 15.8 Å². The molecule has 0 aliphatic rings. The molecule has 0 amide bonds. The van der Waals surface area contributed by atoms with Crippen molar-refractivity contribution in [3.63, 3.8) is 0 Å². The zero-order valence-corrected chi connectivity index (χ0v) is 11.1. The Hall–Kier alpha value is -2.29. The molecular formula is C10H11N5O3S. The molecule has 0 saturated heterocycles. The maximum Gasteiger partial charge on any atom is 0.406 e. The molecule has 0 unspecified atom stereocenters. The lowest BCUT2D eigenvalue weighted by Crippen LogP contribution is -2.01. The van der Waals surface area contributed by atoms with Gasteiger partial charge in [0.05, 0.1) is 0 Å². The highest BCUT2D eigenvalue weighted by molar-refractivity contribution is 7.15. The smallest absolute Gasteiger partial charge is 0.406 e. The van der Waals surface area contributed by atoms with Crippen LogP contribution in [0.15, 0.2) is 12.1 Å². The molecule has 2 aromatic heterocycles. The predicted molar refractivity (Wildman–Crippen MR) is 69.4 cm³/mol. The quantitative estimate of drug-likeness (QED) is 0.658. The lowest BCUT2D eigenvalue weighted by atomic mass is 10.3. The zero-order valence-electron chi connectivity index (χ0n) is 10.3. The van der Waals surface area contributed by atoms with Crippen molar-refractivity contribution in [3.8, 4) is 5.75 Å². The highest BCUT2D eigenvalue weighted by Gasteiger charge is 2.18. The molecule has 19 heavy (non-hydrogen) atoms. The van der Waals surface area contributed by atoms with Crippen LogP contribution in [0.2, 0.25) is 0 Å². The molecule has 0 aromatic carbocycles. The predicted octanol–water partition coefficient (Wildman–Crippen LogP) is 1.77. The first kappa shape index (κ1) is 13.1. The van der Waals surface area contributed by atoms with Gasteiger partial charge in [-0.25, -0.2) is 0 Å². The van der Waals surface area contributed by atoms with E-state index >= 15 is 0 Å². The Morgan fingerprint density at radius 1 is 1.47 bits per heavy atom. The van der Waals surface area contributed by atoms with Crippen molar-refractivity contribution < 1.29 is 9.66 Å². The summed E-state index contributed by atoms with van der Waals surface area (Å²) >= 11 is 1.32. The molecule has 1 N–H and O–H groups in total. The first-order valence-electron chi connectivity index (χ1n) is 5.35. The average molecular weight is 281 g/mol. The number of pyridine rings is 1. The maximum absolute atomic E-state index is 10.9. The summed E-state index contributed by atoms with van der Waals surface area (Å²) in [5.74, 6) is -0.171. The van der Waals surface area contributed by atoms with E-state index in [4.69, 9.17) is 4.74 Å². The fourth-order valence-corrected chi connectivity index (χ4v) is 1.93. The number of rotatable bonds is 5. The average Bonchev–Trinajstić information content (AvgIpc) is 2.85. The number of hydrogen-bond donors (Lipinski definition) is 1. The van der Waals surface area contributed by atoms with E-state index in [1.807, 2.05) is 0 Å². The monoisotopic (exact) mass is 281 g/mol. The van der Waals surface area contributed by atoms with E-state index in [0.717, 1.165) is 0 Å². The van der Waals surface area contributed by atoms with E-state index in [1.165, 1.54) is 17.4 Å². The van der Waals surface area contributed by atoms with Crippen LogP contribution in [0.5, 0.6) is 5.75 Å². The van der Waals surface area contributed by atoms with Crippen molar-refractivity contribution in [2.75, 3.05) is 12.4 Å². The number of ether oxygens (including phenoxy) is 1. The van der Waals surface area contributed by atoms with Gasteiger partial charge in [0, 0.05) is 14.0 Å². The molecule has 0 saturated carbocycles. The SMILES string of the molecule is CNc1nnc(COc2ccc(C)nc2[N+](=O)[O-])s1. The van der Waals surface area contributed by atoms with Crippen LogP contribution in [-0.2, 0) is 6.61 Å². The van der Waals surface area contributed by atoms with Crippen LogP contribution in [0.25, 0.3) is 0 Å². The van der Waals surface area contributed by atoms with Crippen molar-refractivity contribution >= 4 is 22.3 Å². The fraction of sp³-hybridized carbons (Fsp3) is 0.300. The van der Waals surface area contributed by atoms with Crippen LogP contribution in [0.1, 0.15) is 10.7 Å². The number of aryl methyl sites for hydroxylation is 1. The summed E-state index contributed by atoms with van der Waals surface area (Å²) in [6.07, 6.45) is 0. The maximum atomic E-state index is 10.9. The second-order valence-electron chi connectivity index (χ2n) is 3.57. The molecule has 0 atom stereocenters. The van der Waals surface area contributed by atoms with E-state index < -0.39 is 4.92 Å². The van der Waals surface area contributed by atoms with Crippen LogP contribution in [0, 0.1) is 17.0 Å². The van der Waals surface area contributed by atoms with Crippen molar-refractivity contribution in [1.82, 2.24) is 15.2 Å². The van der Waals surface area contributed by atoms with Gasteiger partial charge >= 0.3 is 5.82 Å². The molecule has 9 heteroatoms. The van der Waals surface area contributed by atoms with Gasteiger partial charge in [-0.15, -0.1) is 10.2 Å². The summed E-state index contributed by atoms with van der Waals surface area (Å²) in [5, 5.41) is 22.7. The summed E-state index contributed by atoms with van der Waals surface area (Å²) in [7, 11) is 1.74. The Balaban J connectivity index is 2.12. The topological polar surface area (TPSA) is 103 Å². The number of nitro groups is 1. The normalized spacial score (nSPS) is 10.2. The lowest BCUT2D eigenvalue weighted by molar-refractivity contribution is -0.390. The molecule has 0 aliphatic carbocycles.